The maximum atomic E-state index is 5.60. The van der Waals surface area contributed by atoms with Crippen LogP contribution < -0.4 is 14.8 Å². The van der Waals surface area contributed by atoms with E-state index < -0.39 is 0 Å². The SMILES string of the molecule is COc1ccc(OC)c([C@@H](CC(C)C)N2CCNCC2)c1.Cl.Cl. The van der Waals surface area contributed by atoms with E-state index in [1.165, 1.54) is 5.56 Å². The zero-order valence-corrected chi connectivity index (χ0v) is 16.1. The number of benzene rings is 1. The van der Waals surface area contributed by atoms with Gasteiger partial charge >= 0.3 is 0 Å². The normalized spacial score (nSPS) is 16.2. The Morgan fingerprint density at radius 3 is 2.26 bits per heavy atom. The van der Waals surface area contributed by atoms with Crippen LogP contribution in [0.25, 0.3) is 0 Å². The Hall–Kier alpha value is -0.680. The number of hydrogen-bond acceptors (Lipinski definition) is 4. The Labute approximate surface area is 152 Å². The summed E-state index contributed by atoms with van der Waals surface area (Å²) in [7, 11) is 3.46. The highest BCUT2D eigenvalue weighted by molar-refractivity contribution is 5.85. The summed E-state index contributed by atoms with van der Waals surface area (Å²) in [5.41, 5.74) is 1.24. The second kappa shape index (κ2) is 11.0. The number of halogens is 2. The number of hydrogen-bond donors (Lipinski definition) is 1. The van der Waals surface area contributed by atoms with Crippen molar-refractivity contribution in [2.75, 3.05) is 40.4 Å². The van der Waals surface area contributed by atoms with Crippen LogP contribution in [-0.4, -0.2) is 45.3 Å². The maximum absolute atomic E-state index is 5.60. The number of rotatable bonds is 6. The smallest absolute Gasteiger partial charge is 0.123 e. The lowest BCUT2D eigenvalue weighted by atomic mass is 9.94. The van der Waals surface area contributed by atoms with Crippen LogP contribution in [0.15, 0.2) is 18.2 Å². The first-order valence-corrected chi connectivity index (χ1v) is 7.82. The van der Waals surface area contributed by atoms with Gasteiger partial charge < -0.3 is 14.8 Å². The van der Waals surface area contributed by atoms with Crippen molar-refractivity contribution in [3.8, 4) is 11.5 Å². The highest BCUT2D eigenvalue weighted by atomic mass is 35.5. The quantitative estimate of drug-likeness (QED) is 0.836. The van der Waals surface area contributed by atoms with E-state index in [1.54, 1.807) is 14.2 Å². The van der Waals surface area contributed by atoms with Crippen LogP contribution in [0, 0.1) is 5.92 Å². The van der Waals surface area contributed by atoms with Gasteiger partial charge in [0.1, 0.15) is 11.5 Å². The van der Waals surface area contributed by atoms with E-state index in [4.69, 9.17) is 9.47 Å². The zero-order valence-electron chi connectivity index (χ0n) is 14.5. The Kier molecular flexibility index (Phi) is 10.7. The lowest BCUT2D eigenvalue weighted by molar-refractivity contribution is 0.151. The van der Waals surface area contributed by atoms with E-state index in [9.17, 15) is 0 Å². The van der Waals surface area contributed by atoms with Crippen LogP contribution in [-0.2, 0) is 0 Å². The number of piperazine rings is 1. The van der Waals surface area contributed by atoms with Crippen LogP contribution in [0.5, 0.6) is 11.5 Å². The van der Waals surface area contributed by atoms with Crippen molar-refractivity contribution in [3.63, 3.8) is 0 Å². The first-order valence-electron chi connectivity index (χ1n) is 7.82. The van der Waals surface area contributed by atoms with Gasteiger partial charge in [-0.25, -0.2) is 0 Å². The fourth-order valence-corrected chi connectivity index (χ4v) is 3.01. The van der Waals surface area contributed by atoms with Crippen LogP contribution in [0.4, 0.5) is 0 Å². The predicted molar refractivity (Wildman–Crippen MR) is 101 cm³/mol. The number of ether oxygens (including phenoxy) is 2. The molecule has 0 spiro atoms. The molecule has 1 aromatic rings. The zero-order chi connectivity index (χ0) is 15.2. The van der Waals surface area contributed by atoms with Crippen molar-refractivity contribution >= 4 is 24.8 Å². The highest BCUT2D eigenvalue weighted by Crippen LogP contribution is 2.36. The Balaban J connectivity index is 0.00000242. The summed E-state index contributed by atoms with van der Waals surface area (Å²) in [4.78, 5) is 2.56. The molecule has 1 heterocycles. The van der Waals surface area contributed by atoms with Crippen LogP contribution >= 0.6 is 24.8 Å². The van der Waals surface area contributed by atoms with Crippen molar-refractivity contribution in [2.24, 2.45) is 5.92 Å². The van der Waals surface area contributed by atoms with E-state index in [0.29, 0.717) is 12.0 Å². The molecule has 0 aliphatic carbocycles. The molecule has 1 aliphatic rings. The van der Waals surface area contributed by atoms with Gasteiger partial charge in [-0.15, -0.1) is 24.8 Å². The molecule has 1 saturated heterocycles. The molecule has 2 rings (SSSR count). The van der Waals surface area contributed by atoms with Gasteiger partial charge in [-0.3, -0.25) is 4.90 Å². The van der Waals surface area contributed by atoms with Crippen LogP contribution in [0.1, 0.15) is 31.9 Å². The molecule has 1 fully saturated rings. The molecule has 1 atom stereocenters. The fourth-order valence-electron chi connectivity index (χ4n) is 3.01. The van der Waals surface area contributed by atoms with E-state index in [0.717, 1.165) is 44.1 Å². The standard InChI is InChI=1S/C17H28N2O2.2ClH/c1-13(2)11-16(19-9-7-18-8-10-19)15-12-14(20-3)5-6-17(15)21-4;;/h5-6,12-13,16,18H,7-11H2,1-4H3;2*1H/t16-;;/m1../s1. The minimum Gasteiger partial charge on any atom is -0.497 e. The molecule has 0 saturated carbocycles. The molecule has 1 N–H and O–H groups in total. The summed E-state index contributed by atoms with van der Waals surface area (Å²) in [6, 6.07) is 6.50. The summed E-state index contributed by atoms with van der Waals surface area (Å²) >= 11 is 0. The monoisotopic (exact) mass is 364 g/mol. The summed E-state index contributed by atoms with van der Waals surface area (Å²) in [5, 5.41) is 3.43. The number of nitrogens with zero attached hydrogens (tertiary/aromatic N) is 1. The summed E-state index contributed by atoms with van der Waals surface area (Å²) < 4.78 is 11.0. The maximum Gasteiger partial charge on any atom is 0.123 e. The third-order valence-corrected chi connectivity index (χ3v) is 4.08. The van der Waals surface area contributed by atoms with Gasteiger partial charge in [0.15, 0.2) is 0 Å². The Morgan fingerprint density at radius 2 is 1.74 bits per heavy atom. The van der Waals surface area contributed by atoms with Crippen molar-refractivity contribution in [1.29, 1.82) is 0 Å². The van der Waals surface area contributed by atoms with Crippen molar-refractivity contribution < 1.29 is 9.47 Å². The molecule has 0 amide bonds. The van der Waals surface area contributed by atoms with Gasteiger partial charge in [-0.1, -0.05) is 13.8 Å². The molecule has 1 aromatic carbocycles. The largest absolute Gasteiger partial charge is 0.497 e. The van der Waals surface area contributed by atoms with Gasteiger partial charge in [0.25, 0.3) is 0 Å². The minimum absolute atomic E-state index is 0. The number of methoxy groups -OCH3 is 2. The van der Waals surface area contributed by atoms with E-state index in [1.807, 2.05) is 12.1 Å². The topological polar surface area (TPSA) is 33.7 Å². The second-order valence-corrected chi connectivity index (χ2v) is 6.04. The van der Waals surface area contributed by atoms with Gasteiger partial charge in [0, 0.05) is 37.8 Å². The van der Waals surface area contributed by atoms with Crippen molar-refractivity contribution in [1.82, 2.24) is 10.2 Å². The van der Waals surface area contributed by atoms with E-state index >= 15 is 0 Å². The molecule has 6 heteroatoms. The van der Waals surface area contributed by atoms with Gasteiger partial charge in [-0.2, -0.15) is 0 Å². The highest BCUT2D eigenvalue weighted by Gasteiger charge is 2.26. The average Bonchev–Trinajstić information content (AvgIpc) is 2.52. The third kappa shape index (κ3) is 6.03. The third-order valence-electron chi connectivity index (χ3n) is 4.08. The molecular weight excluding hydrogens is 335 g/mol. The van der Waals surface area contributed by atoms with Crippen molar-refractivity contribution in [3.05, 3.63) is 23.8 Å². The minimum atomic E-state index is 0. The predicted octanol–water partition coefficient (Wildman–Crippen LogP) is 3.54. The molecule has 4 nitrogen and oxygen atoms in total. The van der Waals surface area contributed by atoms with Gasteiger partial charge in [-0.05, 0) is 30.5 Å². The second-order valence-electron chi connectivity index (χ2n) is 6.04. The van der Waals surface area contributed by atoms with E-state index in [-0.39, 0.29) is 24.8 Å². The molecule has 0 unspecified atom stereocenters. The Morgan fingerprint density at radius 1 is 1.09 bits per heavy atom. The Bertz CT molecular complexity index is 452. The van der Waals surface area contributed by atoms with Gasteiger partial charge in [0.2, 0.25) is 0 Å². The van der Waals surface area contributed by atoms with Crippen molar-refractivity contribution in [2.45, 2.75) is 26.3 Å². The summed E-state index contributed by atoms with van der Waals surface area (Å²) in [6.07, 6.45) is 1.13. The molecule has 0 radical (unpaired) electrons. The molecule has 134 valence electrons. The first kappa shape index (κ1) is 22.3. The molecule has 1 aliphatic heterocycles. The molecule has 0 bridgehead atoms. The lowest BCUT2D eigenvalue weighted by Crippen LogP contribution is -2.45. The van der Waals surface area contributed by atoms with Crippen LogP contribution in [0.2, 0.25) is 0 Å². The molecular formula is C17H30Cl2N2O2. The van der Waals surface area contributed by atoms with E-state index in [2.05, 4.69) is 30.1 Å². The first-order chi connectivity index (χ1) is 10.2. The fraction of sp³-hybridized carbons (Fsp3) is 0.647. The molecule has 0 aromatic heterocycles. The summed E-state index contributed by atoms with van der Waals surface area (Å²) in [6.45, 7) is 8.83. The molecule has 23 heavy (non-hydrogen) atoms. The van der Waals surface area contributed by atoms with Gasteiger partial charge in [0.05, 0.1) is 14.2 Å². The number of nitrogens with one attached hydrogen (secondary N) is 1. The lowest BCUT2D eigenvalue weighted by Gasteiger charge is -2.36. The summed E-state index contributed by atoms with van der Waals surface area (Å²) in [5.74, 6) is 2.50. The van der Waals surface area contributed by atoms with Crippen LogP contribution in [0.3, 0.4) is 0 Å². The average molecular weight is 365 g/mol.